The normalized spacial score (nSPS) is 20.8. The third kappa shape index (κ3) is 3.17. The summed E-state index contributed by atoms with van der Waals surface area (Å²) in [7, 11) is 0. The molecule has 1 aliphatic heterocycles. The van der Waals surface area contributed by atoms with Crippen LogP contribution in [0, 0.1) is 5.92 Å². The van der Waals surface area contributed by atoms with Crippen LogP contribution in [-0.2, 0) is 16.1 Å². The van der Waals surface area contributed by atoms with Crippen LogP contribution in [0.3, 0.4) is 0 Å². The van der Waals surface area contributed by atoms with Gasteiger partial charge in [-0.1, -0.05) is 20.3 Å². The standard InChI is InChI=1S/C14H18BrN3O2/c1-3-9(2)13-14(20)17-7-12(19)18(13)8-10-4-11(15)6-16-5-10/h4-6,9,13H,3,7-8H2,1-2H3,(H,17,20). The van der Waals surface area contributed by atoms with E-state index in [9.17, 15) is 9.59 Å². The van der Waals surface area contributed by atoms with Crippen molar-refractivity contribution in [1.29, 1.82) is 0 Å². The Balaban J connectivity index is 2.24. The van der Waals surface area contributed by atoms with Crippen LogP contribution in [0.15, 0.2) is 22.9 Å². The summed E-state index contributed by atoms with van der Waals surface area (Å²) in [6.45, 7) is 4.51. The molecule has 0 bridgehead atoms. The summed E-state index contributed by atoms with van der Waals surface area (Å²) in [6, 6.07) is 1.51. The van der Waals surface area contributed by atoms with Gasteiger partial charge >= 0.3 is 0 Å². The van der Waals surface area contributed by atoms with Crippen LogP contribution in [0.25, 0.3) is 0 Å². The van der Waals surface area contributed by atoms with Crippen molar-refractivity contribution in [3.8, 4) is 0 Å². The Bertz CT molecular complexity index is 521. The van der Waals surface area contributed by atoms with Gasteiger partial charge in [0, 0.05) is 23.4 Å². The van der Waals surface area contributed by atoms with E-state index in [1.165, 1.54) is 0 Å². The Hall–Kier alpha value is -1.43. The van der Waals surface area contributed by atoms with Gasteiger partial charge in [-0.05, 0) is 33.5 Å². The van der Waals surface area contributed by atoms with Crippen molar-refractivity contribution in [1.82, 2.24) is 15.2 Å². The number of halogens is 1. The van der Waals surface area contributed by atoms with Gasteiger partial charge in [0.25, 0.3) is 0 Å². The predicted octanol–water partition coefficient (Wildman–Crippen LogP) is 1.72. The predicted molar refractivity (Wildman–Crippen MR) is 78.7 cm³/mol. The van der Waals surface area contributed by atoms with Crippen molar-refractivity contribution in [2.24, 2.45) is 5.92 Å². The molecule has 0 spiro atoms. The van der Waals surface area contributed by atoms with Crippen molar-refractivity contribution in [2.75, 3.05) is 6.54 Å². The highest BCUT2D eigenvalue weighted by Crippen LogP contribution is 2.21. The average molecular weight is 340 g/mol. The van der Waals surface area contributed by atoms with Crippen molar-refractivity contribution < 1.29 is 9.59 Å². The molecular formula is C14H18BrN3O2. The summed E-state index contributed by atoms with van der Waals surface area (Å²) in [6.07, 6.45) is 4.26. The second kappa shape index (κ2) is 6.35. The molecular weight excluding hydrogens is 322 g/mol. The molecule has 5 nitrogen and oxygen atoms in total. The largest absolute Gasteiger partial charge is 0.345 e. The molecule has 1 saturated heterocycles. The summed E-state index contributed by atoms with van der Waals surface area (Å²) in [5.41, 5.74) is 0.913. The number of hydrogen-bond donors (Lipinski definition) is 1. The number of carbonyl (C=O) groups is 2. The van der Waals surface area contributed by atoms with Gasteiger partial charge in [-0.15, -0.1) is 0 Å². The van der Waals surface area contributed by atoms with Gasteiger partial charge < -0.3 is 10.2 Å². The van der Waals surface area contributed by atoms with Gasteiger partial charge in [-0.25, -0.2) is 0 Å². The lowest BCUT2D eigenvalue weighted by Gasteiger charge is -2.38. The van der Waals surface area contributed by atoms with E-state index < -0.39 is 6.04 Å². The van der Waals surface area contributed by atoms with Crippen molar-refractivity contribution in [3.05, 3.63) is 28.5 Å². The number of piperazine rings is 1. The summed E-state index contributed by atoms with van der Waals surface area (Å²) >= 11 is 3.37. The highest BCUT2D eigenvalue weighted by atomic mass is 79.9. The molecule has 2 heterocycles. The number of nitrogens with zero attached hydrogens (tertiary/aromatic N) is 2. The molecule has 0 aromatic carbocycles. The average Bonchev–Trinajstić information content (AvgIpc) is 2.42. The Morgan fingerprint density at radius 2 is 2.25 bits per heavy atom. The first-order valence-electron chi connectivity index (χ1n) is 6.69. The molecule has 2 amide bonds. The maximum absolute atomic E-state index is 12.1. The number of aromatic nitrogens is 1. The third-order valence-corrected chi connectivity index (χ3v) is 4.07. The highest BCUT2D eigenvalue weighted by molar-refractivity contribution is 9.10. The van der Waals surface area contributed by atoms with Crippen LogP contribution in [0.2, 0.25) is 0 Å². The van der Waals surface area contributed by atoms with Crippen LogP contribution in [0.1, 0.15) is 25.8 Å². The maximum Gasteiger partial charge on any atom is 0.243 e. The Kier molecular flexibility index (Phi) is 4.75. The van der Waals surface area contributed by atoms with Crippen LogP contribution in [-0.4, -0.2) is 34.3 Å². The second-order valence-corrected chi connectivity index (χ2v) is 6.00. The first-order chi connectivity index (χ1) is 9.52. The molecule has 1 N–H and O–H groups in total. The zero-order valence-corrected chi connectivity index (χ0v) is 13.2. The molecule has 2 unspecified atom stereocenters. The van der Waals surface area contributed by atoms with E-state index in [2.05, 4.69) is 26.2 Å². The summed E-state index contributed by atoms with van der Waals surface area (Å²) in [5.74, 6) is 0.0103. The smallest absolute Gasteiger partial charge is 0.243 e. The summed E-state index contributed by atoms with van der Waals surface area (Å²) in [4.78, 5) is 30.0. The van der Waals surface area contributed by atoms with Crippen molar-refractivity contribution >= 4 is 27.7 Å². The maximum atomic E-state index is 12.1. The molecule has 1 fully saturated rings. The second-order valence-electron chi connectivity index (χ2n) is 5.08. The van der Waals surface area contributed by atoms with E-state index in [0.717, 1.165) is 16.5 Å². The van der Waals surface area contributed by atoms with Crippen LogP contribution in [0.5, 0.6) is 0 Å². The van der Waals surface area contributed by atoms with Gasteiger partial charge in [0.05, 0.1) is 6.54 Å². The van der Waals surface area contributed by atoms with Gasteiger partial charge in [0.1, 0.15) is 6.04 Å². The van der Waals surface area contributed by atoms with E-state index >= 15 is 0 Å². The monoisotopic (exact) mass is 339 g/mol. The molecule has 6 heteroatoms. The van der Waals surface area contributed by atoms with Crippen LogP contribution < -0.4 is 5.32 Å². The molecule has 1 aliphatic rings. The van der Waals surface area contributed by atoms with Crippen molar-refractivity contribution in [3.63, 3.8) is 0 Å². The van der Waals surface area contributed by atoms with E-state index in [1.54, 1.807) is 17.3 Å². The van der Waals surface area contributed by atoms with Gasteiger partial charge in [0.15, 0.2) is 0 Å². The summed E-state index contributed by atoms with van der Waals surface area (Å²) < 4.78 is 0.865. The minimum absolute atomic E-state index is 0.0464. The topological polar surface area (TPSA) is 62.3 Å². The molecule has 0 radical (unpaired) electrons. The molecule has 2 rings (SSSR count). The van der Waals surface area contributed by atoms with E-state index in [0.29, 0.717) is 6.54 Å². The van der Waals surface area contributed by atoms with E-state index in [4.69, 9.17) is 0 Å². The van der Waals surface area contributed by atoms with E-state index in [-0.39, 0.29) is 24.3 Å². The lowest BCUT2D eigenvalue weighted by Crippen LogP contribution is -2.60. The number of carbonyl (C=O) groups excluding carboxylic acids is 2. The molecule has 1 aromatic rings. The Labute approximate surface area is 126 Å². The van der Waals surface area contributed by atoms with Gasteiger partial charge in [0.2, 0.25) is 11.8 Å². The zero-order valence-electron chi connectivity index (χ0n) is 11.6. The third-order valence-electron chi connectivity index (χ3n) is 3.64. The van der Waals surface area contributed by atoms with Crippen LogP contribution in [0.4, 0.5) is 0 Å². The molecule has 0 saturated carbocycles. The number of rotatable bonds is 4. The Morgan fingerprint density at radius 3 is 2.90 bits per heavy atom. The fraction of sp³-hybridized carbons (Fsp3) is 0.500. The number of nitrogens with one attached hydrogen (secondary N) is 1. The number of amides is 2. The quantitative estimate of drug-likeness (QED) is 0.908. The number of pyridine rings is 1. The Morgan fingerprint density at radius 1 is 1.50 bits per heavy atom. The minimum Gasteiger partial charge on any atom is -0.345 e. The lowest BCUT2D eigenvalue weighted by atomic mass is 9.94. The molecule has 20 heavy (non-hydrogen) atoms. The molecule has 108 valence electrons. The number of hydrogen-bond acceptors (Lipinski definition) is 3. The summed E-state index contributed by atoms with van der Waals surface area (Å²) in [5, 5.41) is 2.67. The van der Waals surface area contributed by atoms with Crippen LogP contribution >= 0.6 is 15.9 Å². The van der Waals surface area contributed by atoms with Gasteiger partial charge in [-0.2, -0.15) is 0 Å². The molecule has 0 aliphatic carbocycles. The molecule has 2 atom stereocenters. The first-order valence-corrected chi connectivity index (χ1v) is 7.48. The minimum atomic E-state index is -0.403. The van der Waals surface area contributed by atoms with Crippen molar-refractivity contribution in [2.45, 2.75) is 32.9 Å². The lowest BCUT2D eigenvalue weighted by molar-refractivity contribution is -0.148. The fourth-order valence-corrected chi connectivity index (χ4v) is 2.79. The fourth-order valence-electron chi connectivity index (χ4n) is 2.38. The highest BCUT2D eigenvalue weighted by Gasteiger charge is 2.37. The SMILES string of the molecule is CCC(C)C1C(=O)NCC(=O)N1Cc1cncc(Br)c1. The van der Waals surface area contributed by atoms with Gasteiger partial charge in [-0.3, -0.25) is 14.6 Å². The molecule has 1 aromatic heterocycles. The first kappa shape index (κ1) is 15.0. The van der Waals surface area contributed by atoms with E-state index in [1.807, 2.05) is 19.9 Å². The zero-order chi connectivity index (χ0) is 14.7.